The highest BCUT2D eigenvalue weighted by molar-refractivity contribution is 7.90. The Labute approximate surface area is 85.2 Å². The summed E-state index contributed by atoms with van der Waals surface area (Å²) in [7, 11) is -3.32. The molecule has 1 aromatic rings. The van der Waals surface area contributed by atoms with Crippen molar-refractivity contribution in [3.8, 4) is 0 Å². The smallest absolute Gasteiger partial charge is 0.186 e. The van der Waals surface area contributed by atoms with Gasteiger partial charge in [-0.25, -0.2) is 12.6 Å². The molecular formula is C8H10O4S2. The minimum Gasteiger partial charge on any atom is -0.302 e. The van der Waals surface area contributed by atoms with Crippen molar-refractivity contribution in [1.29, 1.82) is 0 Å². The lowest BCUT2D eigenvalue weighted by Gasteiger charge is -2.03. The first kappa shape index (κ1) is 11.4. The van der Waals surface area contributed by atoms with Crippen molar-refractivity contribution in [1.82, 2.24) is 0 Å². The number of hydrogen-bond donors (Lipinski definition) is 1. The molecule has 0 aromatic heterocycles. The molecule has 0 amide bonds. The lowest BCUT2D eigenvalue weighted by Crippen LogP contribution is -2.00. The normalized spacial score (nSPS) is 13.9. The molecule has 0 saturated carbocycles. The second kappa shape index (κ2) is 3.80. The molecule has 0 aliphatic heterocycles. The summed E-state index contributed by atoms with van der Waals surface area (Å²) in [6.45, 7) is 1.65. The molecule has 1 N–H and O–H groups in total. The van der Waals surface area contributed by atoms with Crippen LogP contribution in [0.4, 0.5) is 0 Å². The second-order valence-corrected chi connectivity index (χ2v) is 5.90. The second-order valence-electron chi connectivity index (χ2n) is 2.95. The topological polar surface area (TPSA) is 71.4 Å². The van der Waals surface area contributed by atoms with Gasteiger partial charge in [0, 0.05) is 6.26 Å². The zero-order valence-electron chi connectivity index (χ0n) is 7.72. The van der Waals surface area contributed by atoms with Crippen LogP contribution in [0.5, 0.6) is 0 Å². The van der Waals surface area contributed by atoms with Gasteiger partial charge < -0.3 is 4.55 Å². The van der Waals surface area contributed by atoms with Crippen molar-refractivity contribution in [2.75, 3.05) is 6.26 Å². The fourth-order valence-electron chi connectivity index (χ4n) is 0.999. The van der Waals surface area contributed by atoms with E-state index in [1.165, 1.54) is 18.2 Å². The van der Waals surface area contributed by atoms with Crippen molar-refractivity contribution in [2.24, 2.45) is 0 Å². The van der Waals surface area contributed by atoms with Gasteiger partial charge in [-0.2, -0.15) is 0 Å². The Balaban J connectivity index is 3.42. The Bertz CT molecular complexity index is 476. The highest BCUT2D eigenvalue weighted by atomic mass is 32.2. The quantitative estimate of drug-likeness (QED) is 0.774. The highest BCUT2D eigenvalue weighted by Crippen LogP contribution is 2.17. The molecule has 0 aliphatic rings. The summed E-state index contributed by atoms with van der Waals surface area (Å²) < 4.78 is 42.0. The maximum absolute atomic E-state index is 11.1. The van der Waals surface area contributed by atoms with E-state index in [4.69, 9.17) is 4.55 Å². The van der Waals surface area contributed by atoms with Crippen LogP contribution < -0.4 is 0 Å². The molecule has 78 valence electrons. The third kappa shape index (κ3) is 2.40. The van der Waals surface area contributed by atoms with E-state index in [0.29, 0.717) is 5.56 Å². The molecule has 0 heterocycles. The highest BCUT2D eigenvalue weighted by Gasteiger charge is 2.11. The van der Waals surface area contributed by atoms with E-state index in [2.05, 4.69) is 0 Å². The molecule has 0 aliphatic carbocycles. The Morgan fingerprint density at radius 1 is 1.36 bits per heavy atom. The molecule has 1 atom stereocenters. The van der Waals surface area contributed by atoms with Gasteiger partial charge in [0.1, 0.15) is 0 Å². The van der Waals surface area contributed by atoms with Crippen LogP contribution in [0.2, 0.25) is 0 Å². The Morgan fingerprint density at radius 2 is 1.93 bits per heavy atom. The van der Waals surface area contributed by atoms with E-state index in [0.717, 1.165) is 6.26 Å². The van der Waals surface area contributed by atoms with Crippen LogP contribution in [0.3, 0.4) is 0 Å². The van der Waals surface area contributed by atoms with E-state index in [-0.39, 0.29) is 9.79 Å². The molecule has 0 bridgehead atoms. The summed E-state index contributed by atoms with van der Waals surface area (Å²) in [5.41, 5.74) is 0.596. The zero-order chi connectivity index (χ0) is 10.9. The standard InChI is InChI=1S/C8H10O4S2/c1-6-3-4-7(14(2,11)12)5-8(6)13(9)10/h3-5H,1-2H3,(H,9,10). The predicted octanol–water partition coefficient (Wildman–Crippen LogP) is 0.979. The van der Waals surface area contributed by atoms with E-state index in [9.17, 15) is 12.6 Å². The number of benzene rings is 1. The molecule has 1 rings (SSSR count). The summed E-state index contributed by atoms with van der Waals surface area (Å²) >= 11 is -2.15. The Hall–Kier alpha value is -0.720. The lowest BCUT2D eigenvalue weighted by atomic mass is 10.2. The average Bonchev–Trinajstić information content (AvgIpc) is 2.02. The largest absolute Gasteiger partial charge is 0.302 e. The van der Waals surface area contributed by atoms with Crippen LogP contribution in [-0.4, -0.2) is 23.4 Å². The van der Waals surface area contributed by atoms with Gasteiger partial charge in [0.05, 0.1) is 9.79 Å². The third-order valence-electron chi connectivity index (χ3n) is 1.78. The fraction of sp³-hybridized carbons (Fsp3) is 0.250. The van der Waals surface area contributed by atoms with Crippen LogP contribution in [0, 0.1) is 6.92 Å². The summed E-state index contributed by atoms with van der Waals surface area (Å²) in [5, 5.41) is 0. The number of rotatable bonds is 2. The van der Waals surface area contributed by atoms with E-state index < -0.39 is 20.9 Å². The van der Waals surface area contributed by atoms with Gasteiger partial charge in [-0.15, -0.1) is 0 Å². The van der Waals surface area contributed by atoms with Crippen LogP contribution >= 0.6 is 0 Å². The first-order valence-corrected chi connectivity index (χ1v) is 6.74. The van der Waals surface area contributed by atoms with Gasteiger partial charge in [-0.3, -0.25) is 0 Å². The van der Waals surface area contributed by atoms with Crippen LogP contribution in [0.15, 0.2) is 28.0 Å². The van der Waals surface area contributed by atoms with Gasteiger partial charge in [0.25, 0.3) is 0 Å². The fourth-order valence-corrected chi connectivity index (χ4v) is 2.29. The number of hydrogen-bond acceptors (Lipinski definition) is 3. The molecular weight excluding hydrogens is 224 g/mol. The molecule has 6 heteroatoms. The van der Waals surface area contributed by atoms with Crippen LogP contribution in [0.1, 0.15) is 5.56 Å². The van der Waals surface area contributed by atoms with Gasteiger partial charge >= 0.3 is 0 Å². The minimum absolute atomic E-state index is 0.0560. The maximum Gasteiger partial charge on any atom is 0.186 e. The number of sulfone groups is 1. The van der Waals surface area contributed by atoms with Crippen molar-refractivity contribution in [3.63, 3.8) is 0 Å². The molecule has 14 heavy (non-hydrogen) atoms. The summed E-state index contributed by atoms with van der Waals surface area (Å²) in [5.74, 6) is 0. The van der Waals surface area contributed by atoms with Crippen molar-refractivity contribution < 1.29 is 17.2 Å². The monoisotopic (exact) mass is 234 g/mol. The van der Waals surface area contributed by atoms with Crippen molar-refractivity contribution in [3.05, 3.63) is 23.8 Å². The van der Waals surface area contributed by atoms with E-state index in [1.54, 1.807) is 6.92 Å². The lowest BCUT2D eigenvalue weighted by molar-refractivity contribution is 0.563. The minimum atomic E-state index is -3.32. The molecule has 0 radical (unpaired) electrons. The van der Waals surface area contributed by atoms with Crippen molar-refractivity contribution >= 4 is 20.9 Å². The van der Waals surface area contributed by atoms with Crippen molar-refractivity contribution in [2.45, 2.75) is 16.7 Å². The van der Waals surface area contributed by atoms with Crippen LogP contribution in [0.25, 0.3) is 0 Å². The Morgan fingerprint density at radius 3 is 2.36 bits per heavy atom. The predicted molar refractivity (Wildman–Crippen MR) is 53.3 cm³/mol. The van der Waals surface area contributed by atoms with Gasteiger partial charge in [0.15, 0.2) is 20.9 Å². The van der Waals surface area contributed by atoms with E-state index in [1.807, 2.05) is 0 Å². The van der Waals surface area contributed by atoms with Crippen LogP contribution in [-0.2, 0) is 20.9 Å². The maximum atomic E-state index is 11.1. The molecule has 4 nitrogen and oxygen atoms in total. The van der Waals surface area contributed by atoms with Gasteiger partial charge in [0.2, 0.25) is 0 Å². The molecule has 0 saturated heterocycles. The first-order valence-electron chi connectivity index (χ1n) is 3.74. The molecule has 1 aromatic carbocycles. The van der Waals surface area contributed by atoms with Gasteiger partial charge in [-0.1, -0.05) is 6.07 Å². The summed E-state index contributed by atoms with van der Waals surface area (Å²) in [4.78, 5) is 0.188. The SMILES string of the molecule is Cc1ccc(S(C)(=O)=O)cc1S(=O)O. The number of aryl methyl sites for hydroxylation is 1. The summed E-state index contributed by atoms with van der Waals surface area (Å²) in [6, 6.07) is 4.15. The first-order chi connectivity index (χ1) is 6.32. The molecule has 0 fully saturated rings. The van der Waals surface area contributed by atoms with E-state index >= 15 is 0 Å². The summed E-state index contributed by atoms with van der Waals surface area (Å²) in [6.07, 6.45) is 1.06. The Kier molecular flexibility index (Phi) is 3.08. The average molecular weight is 234 g/mol. The third-order valence-corrected chi connectivity index (χ3v) is 3.70. The molecule has 1 unspecified atom stereocenters. The molecule has 0 spiro atoms. The zero-order valence-corrected chi connectivity index (χ0v) is 9.35. The van der Waals surface area contributed by atoms with Gasteiger partial charge in [-0.05, 0) is 24.6 Å².